The van der Waals surface area contributed by atoms with Crippen LogP contribution in [0.1, 0.15) is 32.3 Å². The van der Waals surface area contributed by atoms with Gasteiger partial charge in [0.2, 0.25) is 0 Å². The molecule has 120 valence electrons. The van der Waals surface area contributed by atoms with Gasteiger partial charge in [-0.3, -0.25) is 0 Å². The summed E-state index contributed by atoms with van der Waals surface area (Å²) in [5, 5.41) is 13.0. The second kappa shape index (κ2) is 11.5. The number of benzene rings is 1. The number of hydrogen-bond acceptors (Lipinski definition) is 4. The fourth-order valence-electron chi connectivity index (χ4n) is 1.87. The van der Waals surface area contributed by atoms with Gasteiger partial charge in [-0.15, -0.1) is 0 Å². The third kappa shape index (κ3) is 8.71. The Morgan fingerprint density at radius 1 is 1.24 bits per heavy atom. The van der Waals surface area contributed by atoms with Gasteiger partial charge in [0, 0.05) is 19.7 Å². The van der Waals surface area contributed by atoms with Crippen LogP contribution >= 0.6 is 0 Å². The fourth-order valence-corrected chi connectivity index (χ4v) is 1.87. The summed E-state index contributed by atoms with van der Waals surface area (Å²) in [6.07, 6.45) is 2.74. The molecule has 1 rings (SSSR count). The maximum absolute atomic E-state index is 9.85. The predicted octanol–water partition coefficient (Wildman–Crippen LogP) is 2.39. The van der Waals surface area contributed by atoms with E-state index in [-0.39, 0.29) is 0 Å². The molecular formula is C17H29NO3. The van der Waals surface area contributed by atoms with Crippen molar-refractivity contribution in [3.8, 4) is 5.75 Å². The molecule has 1 aromatic carbocycles. The van der Waals surface area contributed by atoms with Gasteiger partial charge in [0.25, 0.3) is 0 Å². The predicted molar refractivity (Wildman–Crippen MR) is 85.9 cm³/mol. The van der Waals surface area contributed by atoms with E-state index in [2.05, 4.69) is 25.2 Å². The lowest BCUT2D eigenvalue weighted by atomic mass is 10.2. The summed E-state index contributed by atoms with van der Waals surface area (Å²) in [5.41, 5.74) is 1.24. The van der Waals surface area contributed by atoms with Gasteiger partial charge >= 0.3 is 0 Å². The minimum Gasteiger partial charge on any atom is -0.491 e. The van der Waals surface area contributed by atoms with Crippen molar-refractivity contribution >= 4 is 0 Å². The van der Waals surface area contributed by atoms with Gasteiger partial charge in [0.15, 0.2) is 0 Å². The molecule has 0 aliphatic rings. The van der Waals surface area contributed by atoms with Gasteiger partial charge in [-0.25, -0.2) is 0 Å². The standard InChI is InChI=1S/C17H29NO3/c1-3-5-10-20-11-9-18-13-16(19)14-21-17-8-6-7-15(4-2)12-17/h6-8,12,16,18-19H,3-5,9-11,13-14H2,1-2H3. The molecule has 0 saturated heterocycles. The van der Waals surface area contributed by atoms with Gasteiger partial charge in [-0.2, -0.15) is 0 Å². The van der Waals surface area contributed by atoms with Crippen LogP contribution in [0.25, 0.3) is 0 Å². The zero-order valence-corrected chi connectivity index (χ0v) is 13.3. The maximum atomic E-state index is 9.85. The minimum atomic E-state index is -0.508. The zero-order chi connectivity index (χ0) is 15.3. The van der Waals surface area contributed by atoms with Crippen LogP contribution in [0.4, 0.5) is 0 Å². The number of nitrogens with one attached hydrogen (secondary N) is 1. The number of hydrogen-bond donors (Lipinski definition) is 2. The van der Waals surface area contributed by atoms with E-state index in [9.17, 15) is 5.11 Å². The number of ether oxygens (including phenoxy) is 2. The monoisotopic (exact) mass is 295 g/mol. The Balaban J connectivity index is 2.06. The quantitative estimate of drug-likeness (QED) is 0.581. The molecule has 0 fully saturated rings. The van der Waals surface area contributed by atoms with Crippen LogP contribution in [0.5, 0.6) is 5.75 Å². The molecule has 0 saturated carbocycles. The first-order valence-electron chi connectivity index (χ1n) is 7.94. The lowest BCUT2D eigenvalue weighted by Gasteiger charge is -2.14. The van der Waals surface area contributed by atoms with Gasteiger partial charge in [0.1, 0.15) is 18.5 Å². The van der Waals surface area contributed by atoms with Crippen molar-refractivity contribution in [3.05, 3.63) is 29.8 Å². The lowest BCUT2D eigenvalue weighted by molar-refractivity contribution is 0.0981. The Morgan fingerprint density at radius 3 is 2.86 bits per heavy atom. The molecule has 1 aromatic rings. The molecule has 2 N–H and O–H groups in total. The van der Waals surface area contributed by atoms with Gasteiger partial charge < -0.3 is 19.9 Å². The normalized spacial score (nSPS) is 12.3. The average molecular weight is 295 g/mol. The van der Waals surface area contributed by atoms with Crippen molar-refractivity contribution in [2.24, 2.45) is 0 Å². The Hall–Kier alpha value is -1.10. The van der Waals surface area contributed by atoms with Crippen LogP contribution in [-0.2, 0) is 11.2 Å². The van der Waals surface area contributed by atoms with E-state index in [4.69, 9.17) is 9.47 Å². The van der Waals surface area contributed by atoms with Crippen molar-refractivity contribution in [1.82, 2.24) is 5.32 Å². The van der Waals surface area contributed by atoms with Crippen LogP contribution in [0, 0.1) is 0 Å². The third-order valence-corrected chi connectivity index (χ3v) is 3.19. The van der Waals surface area contributed by atoms with Crippen molar-refractivity contribution in [2.45, 2.75) is 39.2 Å². The van der Waals surface area contributed by atoms with Crippen molar-refractivity contribution in [1.29, 1.82) is 0 Å². The van der Waals surface area contributed by atoms with Crippen molar-refractivity contribution < 1.29 is 14.6 Å². The summed E-state index contributed by atoms with van der Waals surface area (Å²) in [7, 11) is 0. The minimum absolute atomic E-state index is 0.302. The van der Waals surface area contributed by atoms with E-state index in [1.165, 1.54) is 5.56 Å². The van der Waals surface area contributed by atoms with Gasteiger partial charge in [-0.1, -0.05) is 32.4 Å². The molecule has 1 unspecified atom stereocenters. The summed E-state index contributed by atoms with van der Waals surface area (Å²) in [6.45, 7) is 7.34. The number of rotatable bonds is 12. The summed E-state index contributed by atoms with van der Waals surface area (Å²) >= 11 is 0. The average Bonchev–Trinajstić information content (AvgIpc) is 2.52. The molecule has 0 heterocycles. The number of aryl methyl sites for hydroxylation is 1. The smallest absolute Gasteiger partial charge is 0.119 e. The zero-order valence-electron chi connectivity index (χ0n) is 13.3. The van der Waals surface area contributed by atoms with Crippen LogP contribution in [0.15, 0.2) is 24.3 Å². The Bertz CT molecular complexity index is 371. The topological polar surface area (TPSA) is 50.7 Å². The molecule has 4 nitrogen and oxygen atoms in total. The van der Waals surface area contributed by atoms with Crippen molar-refractivity contribution in [2.75, 3.05) is 32.9 Å². The van der Waals surface area contributed by atoms with E-state index >= 15 is 0 Å². The van der Waals surface area contributed by atoms with E-state index in [1.54, 1.807) is 0 Å². The summed E-state index contributed by atoms with van der Waals surface area (Å²) in [6, 6.07) is 7.98. The molecule has 4 heteroatoms. The Labute approximate surface area is 128 Å². The van der Waals surface area contributed by atoms with Crippen LogP contribution in [-0.4, -0.2) is 44.1 Å². The fraction of sp³-hybridized carbons (Fsp3) is 0.647. The Kier molecular flexibility index (Phi) is 9.87. The summed E-state index contributed by atoms with van der Waals surface area (Å²) in [4.78, 5) is 0. The van der Waals surface area contributed by atoms with Gasteiger partial charge in [-0.05, 0) is 30.5 Å². The van der Waals surface area contributed by atoms with Crippen LogP contribution < -0.4 is 10.1 Å². The molecule has 0 aromatic heterocycles. The third-order valence-electron chi connectivity index (χ3n) is 3.19. The maximum Gasteiger partial charge on any atom is 0.119 e. The molecular weight excluding hydrogens is 266 g/mol. The van der Waals surface area contributed by atoms with E-state index in [0.29, 0.717) is 19.8 Å². The van der Waals surface area contributed by atoms with E-state index < -0.39 is 6.10 Å². The SMILES string of the molecule is CCCCOCCNCC(O)COc1cccc(CC)c1. The highest BCUT2D eigenvalue weighted by molar-refractivity contribution is 5.28. The van der Waals surface area contributed by atoms with E-state index in [0.717, 1.165) is 38.2 Å². The first kappa shape index (κ1) is 18.0. The van der Waals surface area contributed by atoms with E-state index in [1.807, 2.05) is 18.2 Å². The number of aliphatic hydroxyl groups excluding tert-OH is 1. The second-order valence-corrected chi connectivity index (χ2v) is 5.14. The lowest BCUT2D eigenvalue weighted by Crippen LogP contribution is -2.33. The molecule has 0 bridgehead atoms. The van der Waals surface area contributed by atoms with Crippen LogP contribution in [0.3, 0.4) is 0 Å². The highest BCUT2D eigenvalue weighted by atomic mass is 16.5. The summed E-state index contributed by atoms with van der Waals surface area (Å²) < 4.78 is 11.0. The molecule has 21 heavy (non-hydrogen) atoms. The number of unbranched alkanes of at least 4 members (excludes halogenated alkanes) is 1. The first-order chi connectivity index (χ1) is 10.3. The van der Waals surface area contributed by atoms with Crippen molar-refractivity contribution in [3.63, 3.8) is 0 Å². The largest absolute Gasteiger partial charge is 0.491 e. The molecule has 0 amide bonds. The highest BCUT2D eigenvalue weighted by Gasteiger charge is 2.05. The molecule has 0 radical (unpaired) electrons. The summed E-state index contributed by atoms with van der Waals surface area (Å²) in [5.74, 6) is 0.816. The second-order valence-electron chi connectivity index (χ2n) is 5.14. The molecule has 1 atom stereocenters. The van der Waals surface area contributed by atoms with Gasteiger partial charge in [0.05, 0.1) is 6.61 Å². The highest BCUT2D eigenvalue weighted by Crippen LogP contribution is 2.13. The molecule has 0 spiro atoms. The molecule has 0 aliphatic heterocycles. The van der Waals surface area contributed by atoms with Crippen LogP contribution in [0.2, 0.25) is 0 Å². The first-order valence-corrected chi connectivity index (χ1v) is 7.94. The number of aliphatic hydroxyl groups is 1. The molecule has 0 aliphatic carbocycles. The Morgan fingerprint density at radius 2 is 2.10 bits per heavy atom.